The number of aromatic nitrogens is 1. The van der Waals surface area contributed by atoms with E-state index in [0.717, 1.165) is 22.0 Å². The molecule has 3 aromatic rings. The maximum atomic E-state index is 13.2. The molecule has 0 aliphatic heterocycles. The molecule has 102 valence electrons. The zero-order valence-corrected chi connectivity index (χ0v) is 11.6. The lowest BCUT2D eigenvalue weighted by molar-refractivity contribution is 0.627. The maximum Gasteiger partial charge on any atom is 0.141 e. The van der Waals surface area contributed by atoms with Gasteiger partial charge in [0.15, 0.2) is 0 Å². The molecule has 2 N–H and O–H groups in total. The molecule has 0 spiro atoms. The predicted octanol–water partition coefficient (Wildman–Crippen LogP) is 3.94. The standard InChI is InChI=1S/C16H14ClFN2/c17-14-7-12(2-4-15(14)18)10-20-6-5-13-3-1-11(9-19)8-16(13)20/h1-8H,9-10,19H2. The van der Waals surface area contributed by atoms with Gasteiger partial charge in [-0.3, -0.25) is 0 Å². The highest BCUT2D eigenvalue weighted by atomic mass is 35.5. The normalized spacial score (nSPS) is 11.2. The van der Waals surface area contributed by atoms with Gasteiger partial charge in [0.25, 0.3) is 0 Å². The van der Waals surface area contributed by atoms with Crippen LogP contribution in [0.3, 0.4) is 0 Å². The predicted molar refractivity (Wildman–Crippen MR) is 80.3 cm³/mol. The van der Waals surface area contributed by atoms with E-state index in [-0.39, 0.29) is 5.02 Å². The fourth-order valence-electron chi connectivity index (χ4n) is 2.33. The monoisotopic (exact) mass is 288 g/mol. The van der Waals surface area contributed by atoms with Crippen molar-refractivity contribution in [2.75, 3.05) is 0 Å². The highest BCUT2D eigenvalue weighted by molar-refractivity contribution is 6.30. The molecule has 0 radical (unpaired) electrons. The summed E-state index contributed by atoms with van der Waals surface area (Å²) >= 11 is 5.82. The van der Waals surface area contributed by atoms with E-state index < -0.39 is 5.82 Å². The molecule has 0 saturated carbocycles. The molecular weight excluding hydrogens is 275 g/mol. The zero-order chi connectivity index (χ0) is 14.1. The molecule has 0 amide bonds. The van der Waals surface area contributed by atoms with Gasteiger partial charge in [0.1, 0.15) is 5.82 Å². The largest absolute Gasteiger partial charge is 0.343 e. The number of hydrogen-bond donors (Lipinski definition) is 1. The van der Waals surface area contributed by atoms with Crippen LogP contribution in [-0.4, -0.2) is 4.57 Å². The molecule has 0 aliphatic rings. The Hall–Kier alpha value is -1.84. The molecule has 0 bridgehead atoms. The van der Waals surface area contributed by atoms with Gasteiger partial charge in [-0.05, 0) is 40.8 Å². The molecule has 0 atom stereocenters. The van der Waals surface area contributed by atoms with Crippen LogP contribution in [0, 0.1) is 5.82 Å². The molecule has 0 aliphatic carbocycles. The average Bonchev–Trinajstić information content (AvgIpc) is 2.85. The van der Waals surface area contributed by atoms with Crippen molar-refractivity contribution in [2.24, 2.45) is 5.73 Å². The third-order valence-corrected chi connectivity index (χ3v) is 3.70. The second-order valence-corrected chi connectivity index (χ2v) is 5.20. The molecule has 2 aromatic carbocycles. The Labute approximate surface area is 121 Å². The number of halogens is 2. The lowest BCUT2D eigenvalue weighted by Gasteiger charge is -2.07. The fourth-order valence-corrected chi connectivity index (χ4v) is 2.53. The third-order valence-electron chi connectivity index (χ3n) is 3.41. The van der Waals surface area contributed by atoms with Crippen molar-refractivity contribution in [3.05, 3.63) is 70.6 Å². The Kier molecular flexibility index (Phi) is 3.47. The van der Waals surface area contributed by atoms with E-state index in [9.17, 15) is 4.39 Å². The quantitative estimate of drug-likeness (QED) is 0.777. The number of nitrogens with two attached hydrogens (primary N) is 1. The molecule has 3 rings (SSSR count). The second kappa shape index (κ2) is 5.27. The summed E-state index contributed by atoms with van der Waals surface area (Å²) < 4.78 is 15.3. The van der Waals surface area contributed by atoms with Gasteiger partial charge in [-0.25, -0.2) is 4.39 Å². The van der Waals surface area contributed by atoms with Gasteiger partial charge in [-0.15, -0.1) is 0 Å². The first-order valence-electron chi connectivity index (χ1n) is 6.39. The smallest absolute Gasteiger partial charge is 0.141 e. The Morgan fingerprint density at radius 1 is 1.05 bits per heavy atom. The zero-order valence-electron chi connectivity index (χ0n) is 10.8. The van der Waals surface area contributed by atoms with E-state index in [4.69, 9.17) is 17.3 Å². The SMILES string of the molecule is NCc1ccc2ccn(Cc3ccc(F)c(Cl)c3)c2c1. The molecule has 1 aromatic heterocycles. The van der Waals surface area contributed by atoms with E-state index in [1.165, 1.54) is 6.07 Å². The van der Waals surface area contributed by atoms with Crippen molar-refractivity contribution >= 4 is 22.5 Å². The molecule has 0 saturated heterocycles. The lowest BCUT2D eigenvalue weighted by atomic mass is 10.1. The summed E-state index contributed by atoms with van der Waals surface area (Å²) in [6.07, 6.45) is 2.02. The highest BCUT2D eigenvalue weighted by Gasteiger charge is 2.05. The van der Waals surface area contributed by atoms with E-state index >= 15 is 0 Å². The minimum absolute atomic E-state index is 0.154. The van der Waals surface area contributed by atoms with E-state index in [2.05, 4.69) is 22.8 Å². The van der Waals surface area contributed by atoms with Crippen molar-refractivity contribution in [1.29, 1.82) is 0 Å². The van der Waals surface area contributed by atoms with Crippen LogP contribution in [0.1, 0.15) is 11.1 Å². The molecule has 1 heterocycles. The van der Waals surface area contributed by atoms with E-state index in [1.54, 1.807) is 12.1 Å². The fraction of sp³-hybridized carbons (Fsp3) is 0.125. The average molecular weight is 289 g/mol. The van der Waals surface area contributed by atoms with Crippen LogP contribution in [-0.2, 0) is 13.1 Å². The van der Waals surface area contributed by atoms with Gasteiger partial charge < -0.3 is 10.3 Å². The van der Waals surface area contributed by atoms with Gasteiger partial charge in [0, 0.05) is 24.8 Å². The number of nitrogens with zero attached hydrogens (tertiary/aromatic N) is 1. The van der Waals surface area contributed by atoms with Crippen molar-refractivity contribution in [3.8, 4) is 0 Å². The summed E-state index contributed by atoms with van der Waals surface area (Å²) in [4.78, 5) is 0. The summed E-state index contributed by atoms with van der Waals surface area (Å²) in [7, 11) is 0. The summed E-state index contributed by atoms with van der Waals surface area (Å²) in [5, 5.41) is 1.32. The maximum absolute atomic E-state index is 13.2. The third kappa shape index (κ3) is 2.42. The van der Waals surface area contributed by atoms with E-state index in [1.807, 2.05) is 12.3 Å². The molecule has 2 nitrogen and oxygen atoms in total. The van der Waals surface area contributed by atoms with Crippen LogP contribution in [0.2, 0.25) is 5.02 Å². The van der Waals surface area contributed by atoms with Crippen molar-refractivity contribution in [1.82, 2.24) is 4.57 Å². The molecule has 4 heteroatoms. The Morgan fingerprint density at radius 2 is 1.85 bits per heavy atom. The summed E-state index contributed by atoms with van der Waals surface area (Å²) in [6, 6.07) is 13.0. The first-order valence-corrected chi connectivity index (χ1v) is 6.77. The second-order valence-electron chi connectivity index (χ2n) is 4.79. The Bertz CT molecular complexity index is 764. The van der Waals surface area contributed by atoms with Crippen LogP contribution >= 0.6 is 11.6 Å². The molecule has 0 unspecified atom stereocenters. The van der Waals surface area contributed by atoms with Crippen LogP contribution in [0.5, 0.6) is 0 Å². The number of benzene rings is 2. The summed E-state index contributed by atoms with van der Waals surface area (Å²) in [5.74, 6) is -0.391. The summed E-state index contributed by atoms with van der Waals surface area (Å²) in [5.41, 5.74) is 8.86. The minimum Gasteiger partial charge on any atom is -0.343 e. The molecular formula is C16H14ClFN2. The first-order chi connectivity index (χ1) is 9.67. The first kappa shape index (κ1) is 13.2. The van der Waals surface area contributed by atoms with Crippen LogP contribution in [0.15, 0.2) is 48.7 Å². The Morgan fingerprint density at radius 3 is 2.60 bits per heavy atom. The van der Waals surface area contributed by atoms with Crippen LogP contribution in [0.25, 0.3) is 10.9 Å². The van der Waals surface area contributed by atoms with E-state index in [0.29, 0.717) is 13.1 Å². The topological polar surface area (TPSA) is 30.9 Å². The lowest BCUT2D eigenvalue weighted by Crippen LogP contribution is -2.00. The number of rotatable bonds is 3. The molecule has 0 fully saturated rings. The van der Waals surface area contributed by atoms with Crippen LogP contribution < -0.4 is 5.73 Å². The van der Waals surface area contributed by atoms with Gasteiger partial charge >= 0.3 is 0 Å². The molecule has 20 heavy (non-hydrogen) atoms. The van der Waals surface area contributed by atoms with Gasteiger partial charge in [0.2, 0.25) is 0 Å². The number of fused-ring (bicyclic) bond motifs is 1. The van der Waals surface area contributed by atoms with Gasteiger partial charge in [-0.1, -0.05) is 29.8 Å². The minimum atomic E-state index is -0.391. The highest BCUT2D eigenvalue weighted by Crippen LogP contribution is 2.21. The van der Waals surface area contributed by atoms with Gasteiger partial charge in [0.05, 0.1) is 5.02 Å². The van der Waals surface area contributed by atoms with Gasteiger partial charge in [-0.2, -0.15) is 0 Å². The van der Waals surface area contributed by atoms with Crippen molar-refractivity contribution in [2.45, 2.75) is 13.1 Å². The van der Waals surface area contributed by atoms with Crippen molar-refractivity contribution < 1.29 is 4.39 Å². The summed E-state index contributed by atoms with van der Waals surface area (Å²) in [6.45, 7) is 1.17. The number of hydrogen-bond acceptors (Lipinski definition) is 1. The van der Waals surface area contributed by atoms with Crippen molar-refractivity contribution in [3.63, 3.8) is 0 Å². The van der Waals surface area contributed by atoms with Crippen LogP contribution in [0.4, 0.5) is 4.39 Å². The Balaban J connectivity index is 1.99.